The second kappa shape index (κ2) is 11.7. The summed E-state index contributed by atoms with van der Waals surface area (Å²) < 4.78 is 13.3. The minimum absolute atomic E-state index is 0.447. The first kappa shape index (κ1) is 23.1. The Hall–Kier alpha value is -0.930. The molecule has 0 aliphatic carbocycles. The van der Waals surface area contributed by atoms with Gasteiger partial charge in [0, 0.05) is 15.2 Å². The maximum absolute atomic E-state index is 13.3. The number of unbranched alkanes of at least 4 members (excludes halogenated alkanes) is 3. The van der Waals surface area contributed by atoms with Crippen molar-refractivity contribution in [2.75, 3.05) is 0 Å². The molecular formula is C23H38O2S. The molecule has 0 saturated carbocycles. The highest BCUT2D eigenvalue weighted by molar-refractivity contribution is 7.89. The smallest absolute Gasteiger partial charge is 0.0809 e. The van der Waals surface area contributed by atoms with Crippen LogP contribution in [0.5, 0.6) is 0 Å². The average molecular weight is 379 g/mol. The molecule has 0 heterocycles. The van der Waals surface area contributed by atoms with Gasteiger partial charge in [-0.1, -0.05) is 83.6 Å². The third-order valence-corrected chi connectivity index (χ3v) is 6.99. The fourth-order valence-electron chi connectivity index (χ4n) is 3.57. The summed E-state index contributed by atoms with van der Waals surface area (Å²) in [6.45, 7) is 12.8. The molecule has 3 heteroatoms. The van der Waals surface area contributed by atoms with Gasteiger partial charge in [-0.3, -0.25) is 0 Å². The van der Waals surface area contributed by atoms with Crippen LogP contribution in [0.2, 0.25) is 0 Å². The largest absolute Gasteiger partial charge is 0.392 e. The lowest BCUT2D eigenvalue weighted by molar-refractivity contribution is 0.0315. The van der Waals surface area contributed by atoms with Crippen molar-refractivity contribution in [3.05, 3.63) is 41.3 Å². The number of hydrogen-bond donors (Lipinski definition) is 1. The molecule has 0 fully saturated rings. The zero-order valence-electron chi connectivity index (χ0n) is 17.2. The highest BCUT2D eigenvalue weighted by Gasteiger charge is 2.41. The van der Waals surface area contributed by atoms with Crippen molar-refractivity contribution in [2.24, 2.45) is 5.41 Å². The molecule has 0 aliphatic rings. The van der Waals surface area contributed by atoms with Crippen molar-refractivity contribution < 1.29 is 9.32 Å². The summed E-state index contributed by atoms with van der Waals surface area (Å²) >= 11 is 0. The van der Waals surface area contributed by atoms with Crippen LogP contribution in [0.3, 0.4) is 0 Å². The average Bonchev–Trinajstić information content (AvgIpc) is 2.66. The minimum Gasteiger partial charge on any atom is -0.392 e. The summed E-state index contributed by atoms with van der Waals surface area (Å²) in [5.41, 5.74) is 0.708. The van der Waals surface area contributed by atoms with Crippen LogP contribution in [0.25, 0.3) is 0 Å². The van der Waals surface area contributed by atoms with E-state index in [9.17, 15) is 9.32 Å². The van der Waals surface area contributed by atoms with E-state index in [0.717, 1.165) is 68.2 Å². The van der Waals surface area contributed by atoms with E-state index in [4.69, 9.17) is 0 Å². The Labute approximate surface area is 163 Å². The molecule has 1 aromatic carbocycles. The predicted molar refractivity (Wildman–Crippen MR) is 114 cm³/mol. The highest BCUT2D eigenvalue weighted by Crippen LogP contribution is 2.45. The summed E-state index contributed by atoms with van der Waals surface area (Å²) in [7, 11) is -1.29. The first-order chi connectivity index (χ1) is 12.4. The summed E-state index contributed by atoms with van der Waals surface area (Å²) in [6.07, 6.45) is 8.26. The molecule has 0 saturated heterocycles. The maximum atomic E-state index is 13.3. The van der Waals surface area contributed by atoms with Crippen LogP contribution in [-0.2, 0) is 10.8 Å². The molecule has 0 spiro atoms. The van der Waals surface area contributed by atoms with Crippen LogP contribution in [0.15, 0.2) is 40.6 Å². The Morgan fingerprint density at radius 3 is 2.00 bits per heavy atom. The number of rotatable bonds is 13. The maximum Gasteiger partial charge on any atom is 0.0809 e. The number of aliphatic hydroxyl groups is 1. The number of hydrogen-bond acceptors (Lipinski definition) is 2. The zero-order valence-corrected chi connectivity index (χ0v) is 18.0. The summed E-state index contributed by atoms with van der Waals surface area (Å²) in [4.78, 5) is 1.51. The van der Waals surface area contributed by atoms with E-state index in [1.54, 1.807) is 0 Å². The predicted octanol–water partition coefficient (Wildman–Crippen LogP) is 6.53. The Kier molecular flexibility index (Phi) is 10.4. The van der Waals surface area contributed by atoms with Gasteiger partial charge in [-0.25, -0.2) is 4.21 Å². The molecule has 1 aromatic rings. The van der Waals surface area contributed by atoms with Crippen LogP contribution in [0.4, 0.5) is 0 Å². The molecule has 26 heavy (non-hydrogen) atoms. The SMILES string of the molecule is C=C(S(=O)c1ccc(C)cc1)C(CCCC)(CCCC)[C@H](O)CCCC. The normalized spacial score (nSPS) is 14.2. The lowest BCUT2D eigenvalue weighted by atomic mass is 9.72. The van der Waals surface area contributed by atoms with Crippen molar-refractivity contribution >= 4 is 10.8 Å². The van der Waals surface area contributed by atoms with Gasteiger partial charge >= 0.3 is 0 Å². The highest BCUT2D eigenvalue weighted by atomic mass is 32.2. The van der Waals surface area contributed by atoms with Crippen LogP contribution < -0.4 is 0 Å². The Morgan fingerprint density at radius 2 is 1.54 bits per heavy atom. The zero-order chi connectivity index (χ0) is 19.6. The van der Waals surface area contributed by atoms with Gasteiger partial charge < -0.3 is 5.11 Å². The number of aryl methyl sites for hydroxylation is 1. The molecule has 0 aromatic heterocycles. The molecule has 2 nitrogen and oxygen atoms in total. The molecule has 2 atom stereocenters. The molecule has 1 unspecified atom stereocenters. The standard InChI is InChI=1S/C23H38O2S/c1-6-9-12-22(24)23(17-10-7-2,18-11-8-3)20(5)26(25)21-15-13-19(4)14-16-21/h13-16,22,24H,5-12,17-18H2,1-4H3/t22-,26?/m1/s1. The van der Waals surface area contributed by atoms with Gasteiger partial charge in [-0.15, -0.1) is 0 Å². The van der Waals surface area contributed by atoms with Crippen LogP contribution >= 0.6 is 0 Å². The van der Waals surface area contributed by atoms with E-state index in [1.165, 1.54) is 0 Å². The van der Waals surface area contributed by atoms with Crippen LogP contribution in [0, 0.1) is 12.3 Å². The monoisotopic (exact) mass is 378 g/mol. The van der Waals surface area contributed by atoms with E-state index in [2.05, 4.69) is 27.4 Å². The van der Waals surface area contributed by atoms with E-state index >= 15 is 0 Å². The third kappa shape index (κ3) is 6.06. The van der Waals surface area contributed by atoms with Gasteiger partial charge in [0.2, 0.25) is 0 Å². The van der Waals surface area contributed by atoms with E-state index < -0.39 is 22.3 Å². The Balaban J connectivity index is 3.21. The molecule has 1 N–H and O–H groups in total. The van der Waals surface area contributed by atoms with Crippen molar-refractivity contribution in [1.29, 1.82) is 0 Å². The quantitative estimate of drug-likeness (QED) is 0.423. The number of benzene rings is 1. The van der Waals surface area contributed by atoms with Crippen LogP contribution in [0.1, 0.15) is 84.1 Å². The molecular weight excluding hydrogens is 340 g/mol. The molecule has 1 rings (SSSR count). The number of aliphatic hydroxyl groups excluding tert-OH is 1. The van der Waals surface area contributed by atoms with Crippen molar-refractivity contribution in [1.82, 2.24) is 0 Å². The summed E-state index contributed by atoms with van der Waals surface area (Å²) in [5, 5.41) is 11.2. The molecule has 0 amide bonds. The molecule has 0 bridgehead atoms. The van der Waals surface area contributed by atoms with Gasteiger partial charge in [-0.05, 0) is 38.3 Å². The van der Waals surface area contributed by atoms with E-state index in [0.29, 0.717) is 4.91 Å². The lowest BCUT2D eigenvalue weighted by Crippen LogP contribution is -2.38. The Morgan fingerprint density at radius 1 is 1.04 bits per heavy atom. The van der Waals surface area contributed by atoms with Gasteiger partial charge in [0.05, 0.1) is 16.9 Å². The summed E-state index contributed by atoms with van der Waals surface area (Å²) in [5.74, 6) is 0. The minimum atomic E-state index is -1.29. The van der Waals surface area contributed by atoms with Crippen molar-refractivity contribution in [3.63, 3.8) is 0 Å². The fraction of sp³-hybridized carbons (Fsp3) is 0.652. The lowest BCUT2D eigenvalue weighted by Gasteiger charge is -2.40. The molecule has 0 aliphatic heterocycles. The van der Waals surface area contributed by atoms with Gasteiger partial charge in [0.1, 0.15) is 0 Å². The van der Waals surface area contributed by atoms with Crippen LogP contribution in [-0.4, -0.2) is 15.4 Å². The molecule has 0 radical (unpaired) electrons. The molecule has 148 valence electrons. The first-order valence-corrected chi connectivity index (χ1v) is 11.4. The summed E-state index contributed by atoms with van der Waals surface area (Å²) in [6, 6.07) is 7.85. The second-order valence-corrected chi connectivity index (χ2v) is 9.03. The fourth-order valence-corrected chi connectivity index (χ4v) is 4.95. The Bertz CT molecular complexity index is 554. The van der Waals surface area contributed by atoms with E-state index in [-0.39, 0.29) is 0 Å². The van der Waals surface area contributed by atoms with Gasteiger partial charge in [0.15, 0.2) is 0 Å². The van der Waals surface area contributed by atoms with Crippen molar-refractivity contribution in [2.45, 2.75) is 96.5 Å². The topological polar surface area (TPSA) is 37.3 Å². The first-order valence-electron chi connectivity index (χ1n) is 10.3. The van der Waals surface area contributed by atoms with E-state index in [1.807, 2.05) is 31.2 Å². The van der Waals surface area contributed by atoms with Gasteiger partial charge in [0.25, 0.3) is 0 Å². The second-order valence-electron chi connectivity index (χ2n) is 7.53. The van der Waals surface area contributed by atoms with Crippen molar-refractivity contribution in [3.8, 4) is 0 Å². The third-order valence-electron chi connectivity index (χ3n) is 5.44. The van der Waals surface area contributed by atoms with Gasteiger partial charge in [-0.2, -0.15) is 0 Å².